The second-order valence-corrected chi connectivity index (χ2v) is 4.89. The van der Waals surface area contributed by atoms with Gasteiger partial charge < -0.3 is 5.11 Å². The van der Waals surface area contributed by atoms with Gasteiger partial charge in [-0.25, -0.2) is 0 Å². The number of nitrogens with zero attached hydrogens (tertiary/aromatic N) is 1. The summed E-state index contributed by atoms with van der Waals surface area (Å²) in [6.07, 6.45) is 2.15. The Balaban J connectivity index is 1.70. The van der Waals surface area contributed by atoms with Crippen LogP contribution < -0.4 is 0 Å². The molecule has 3 atom stereocenters. The first-order chi connectivity index (χ1) is 7.33. The molecule has 1 heterocycles. The molecule has 2 heteroatoms. The predicted molar refractivity (Wildman–Crippen MR) is 59.4 cm³/mol. The molecule has 2 bridgehead atoms. The van der Waals surface area contributed by atoms with E-state index in [0.29, 0.717) is 6.04 Å². The van der Waals surface area contributed by atoms with Crippen LogP contribution in [0.15, 0.2) is 30.3 Å². The monoisotopic (exact) mass is 203 g/mol. The van der Waals surface area contributed by atoms with Gasteiger partial charge in [0.2, 0.25) is 0 Å². The van der Waals surface area contributed by atoms with Crippen molar-refractivity contribution in [3.63, 3.8) is 0 Å². The first-order valence-electron chi connectivity index (χ1n) is 5.79. The Morgan fingerprint density at radius 1 is 1.20 bits per heavy atom. The second kappa shape index (κ2) is 3.62. The lowest BCUT2D eigenvalue weighted by atomic mass is 10.1. The summed E-state index contributed by atoms with van der Waals surface area (Å²) < 4.78 is 0. The molecule has 1 saturated carbocycles. The highest BCUT2D eigenvalue weighted by Gasteiger charge is 2.43. The van der Waals surface area contributed by atoms with Crippen LogP contribution in [0.4, 0.5) is 0 Å². The van der Waals surface area contributed by atoms with Crippen LogP contribution in [0.2, 0.25) is 0 Å². The summed E-state index contributed by atoms with van der Waals surface area (Å²) in [4.78, 5) is 2.44. The Morgan fingerprint density at radius 3 is 2.67 bits per heavy atom. The van der Waals surface area contributed by atoms with E-state index in [-0.39, 0.29) is 6.10 Å². The smallest absolute Gasteiger partial charge is 0.0698 e. The molecule has 0 amide bonds. The van der Waals surface area contributed by atoms with E-state index in [1.54, 1.807) is 0 Å². The molecule has 2 fully saturated rings. The van der Waals surface area contributed by atoms with Crippen LogP contribution in [0.25, 0.3) is 0 Å². The van der Waals surface area contributed by atoms with Crippen molar-refractivity contribution >= 4 is 0 Å². The highest BCUT2D eigenvalue weighted by atomic mass is 16.3. The zero-order valence-electron chi connectivity index (χ0n) is 8.84. The molecule has 0 radical (unpaired) electrons. The van der Waals surface area contributed by atoms with E-state index in [1.807, 2.05) is 0 Å². The van der Waals surface area contributed by atoms with Gasteiger partial charge in [0.1, 0.15) is 0 Å². The van der Waals surface area contributed by atoms with Crippen LogP contribution in [0, 0.1) is 5.92 Å². The zero-order valence-corrected chi connectivity index (χ0v) is 8.84. The van der Waals surface area contributed by atoms with Crippen molar-refractivity contribution in [2.24, 2.45) is 5.92 Å². The number of aliphatic hydroxyl groups excluding tert-OH is 1. The number of aliphatic hydroxyl groups is 1. The number of likely N-dealkylation sites (tertiary alicyclic amines) is 1. The van der Waals surface area contributed by atoms with Gasteiger partial charge in [0.05, 0.1) is 6.10 Å². The van der Waals surface area contributed by atoms with E-state index in [1.165, 1.54) is 18.5 Å². The average molecular weight is 203 g/mol. The lowest BCUT2D eigenvalue weighted by molar-refractivity contribution is 0.0529. The summed E-state index contributed by atoms with van der Waals surface area (Å²) in [6, 6.07) is 11.0. The molecule has 1 aliphatic carbocycles. The minimum absolute atomic E-state index is 0.0764. The predicted octanol–water partition coefficient (Wildman–Crippen LogP) is 1.64. The lowest BCUT2D eigenvalue weighted by Gasteiger charge is -2.30. The molecule has 15 heavy (non-hydrogen) atoms. The molecule has 1 N–H and O–H groups in total. The topological polar surface area (TPSA) is 23.5 Å². The van der Waals surface area contributed by atoms with Crippen molar-refractivity contribution in [3.05, 3.63) is 35.9 Å². The molecule has 80 valence electrons. The molecule has 0 spiro atoms. The van der Waals surface area contributed by atoms with Crippen LogP contribution in [0.5, 0.6) is 0 Å². The van der Waals surface area contributed by atoms with Gasteiger partial charge in [-0.2, -0.15) is 0 Å². The summed E-state index contributed by atoms with van der Waals surface area (Å²) in [6.45, 7) is 2.18. The first-order valence-corrected chi connectivity index (χ1v) is 5.79. The normalized spacial score (nSPS) is 34.9. The van der Waals surface area contributed by atoms with E-state index in [4.69, 9.17) is 0 Å². The quantitative estimate of drug-likeness (QED) is 0.790. The number of hydrogen-bond acceptors (Lipinski definition) is 2. The molecule has 1 aromatic carbocycles. The van der Waals surface area contributed by atoms with Crippen LogP contribution in [-0.4, -0.2) is 28.7 Å². The Morgan fingerprint density at radius 2 is 2.00 bits per heavy atom. The summed E-state index contributed by atoms with van der Waals surface area (Å²) >= 11 is 0. The van der Waals surface area contributed by atoms with Crippen molar-refractivity contribution in [1.82, 2.24) is 4.90 Å². The maximum Gasteiger partial charge on any atom is 0.0698 e. The third kappa shape index (κ3) is 1.68. The number of hydrogen-bond donors (Lipinski definition) is 1. The molecule has 1 saturated heterocycles. The molecule has 0 unspecified atom stereocenters. The van der Waals surface area contributed by atoms with Gasteiger partial charge >= 0.3 is 0 Å². The number of benzene rings is 1. The third-order valence-corrected chi connectivity index (χ3v) is 3.78. The van der Waals surface area contributed by atoms with Crippen molar-refractivity contribution < 1.29 is 5.11 Å². The lowest BCUT2D eigenvalue weighted by Crippen LogP contribution is -2.40. The van der Waals surface area contributed by atoms with E-state index >= 15 is 0 Å². The zero-order chi connectivity index (χ0) is 10.3. The van der Waals surface area contributed by atoms with Gasteiger partial charge in [0.25, 0.3) is 0 Å². The van der Waals surface area contributed by atoms with E-state index in [0.717, 1.165) is 18.9 Å². The molecule has 2 nitrogen and oxygen atoms in total. The maximum absolute atomic E-state index is 9.83. The Bertz CT molecular complexity index is 338. The Hall–Kier alpha value is -0.860. The standard InChI is InChI=1S/C13H17NO/c15-13-7-11-6-12(13)14(9-11)8-10-4-2-1-3-5-10/h1-5,11-13,15H,6-9H2/t11-,12+,13+/m0/s1. The van der Waals surface area contributed by atoms with Crippen molar-refractivity contribution in [2.45, 2.75) is 31.5 Å². The van der Waals surface area contributed by atoms with Gasteiger partial charge in [-0.3, -0.25) is 4.90 Å². The third-order valence-electron chi connectivity index (χ3n) is 3.78. The molecule has 1 aromatic rings. The van der Waals surface area contributed by atoms with Gasteiger partial charge in [-0.1, -0.05) is 30.3 Å². The molecular weight excluding hydrogens is 186 g/mol. The fourth-order valence-corrected chi connectivity index (χ4v) is 3.10. The van der Waals surface area contributed by atoms with E-state index in [9.17, 15) is 5.11 Å². The maximum atomic E-state index is 9.83. The van der Waals surface area contributed by atoms with Gasteiger partial charge in [-0.05, 0) is 24.3 Å². The molecular formula is C13H17NO. The molecule has 3 rings (SSSR count). The van der Waals surface area contributed by atoms with Gasteiger partial charge in [-0.15, -0.1) is 0 Å². The summed E-state index contributed by atoms with van der Waals surface area (Å²) in [5.74, 6) is 0.744. The highest BCUT2D eigenvalue weighted by molar-refractivity contribution is 5.15. The Labute approximate surface area is 90.5 Å². The van der Waals surface area contributed by atoms with Gasteiger partial charge in [0, 0.05) is 19.1 Å². The summed E-state index contributed by atoms with van der Waals surface area (Å²) in [7, 11) is 0. The van der Waals surface area contributed by atoms with Crippen LogP contribution in [0.1, 0.15) is 18.4 Å². The van der Waals surface area contributed by atoms with Crippen LogP contribution in [0.3, 0.4) is 0 Å². The Kier molecular flexibility index (Phi) is 2.26. The largest absolute Gasteiger partial charge is 0.391 e. The summed E-state index contributed by atoms with van der Waals surface area (Å²) in [5.41, 5.74) is 1.36. The first kappa shape index (κ1) is 9.37. The SMILES string of the molecule is O[C@@H]1C[C@@H]2C[C@H]1N(Cc1ccccc1)C2. The van der Waals surface area contributed by atoms with E-state index < -0.39 is 0 Å². The number of rotatable bonds is 2. The molecule has 1 aliphatic heterocycles. The van der Waals surface area contributed by atoms with E-state index in [2.05, 4.69) is 35.2 Å². The second-order valence-electron chi connectivity index (χ2n) is 4.89. The fraction of sp³-hybridized carbons (Fsp3) is 0.538. The molecule has 2 aliphatic rings. The highest BCUT2D eigenvalue weighted by Crippen LogP contribution is 2.38. The minimum Gasteiger partial charge on any atom is -0.391 e. The number of piperidine rings is 1. The van der Waals surface area contributed by atoms with Crippen molar-refractivity contribution in [2.75, 3.05) is 6.54 Å². The van der Waals surface area contributed by atoms with Crippen LogP contribution >= 0.6 is 0 Å². The summed E-state index contributed by atoms with van der Waals surface area (Å²) in [5, 5.41) is 9.83. The minimum atomic E-state index is -0.0764. The van der Waals surface area contributed by atoms with Crippen LogP contribution in [-0.2, 0) is 6.54 Å². The van der Waals surface area contributed by atoms with Gasteiger partial charge in [0.15, 0.2) is 0 Å². The average Bonchev–Trinajstić information content (AvgIpc) is 2.77. The fourth-order valence-electron chi connectivity index (χ4n) is 3.10. The molecule has 0 aromatic heterocycles. The van der Waals surface area contributed by atoms with Crippen molar-refractivity contribution in [3.8, 4) is 0 Å². The van der Waals surface area contributed by atoms with Crippen molar-refractivity contribution in [1.29, 1.82) is 0 Å². The number of fused-ring (bicyclic) bond motifs is 2.